The van der Waals surface area contributed by atoms with Gasteiger partial charge in [0.2, 0.25) is 5.91 Å². The largest absolute Gasteiger partial charge is 0.376 e. The number of aryl methyl sites for hydroxylation is 1. The second kappa shape index (κ2) is 5.93. The van der Waals surface area contributed by atoms with Crippen molar-refractivity contribution in [2.24, 2.45) is 0 Å². The monoisotopic (exact) mass is 278 g/mol. The van der Waals surface area contributed by atoms with Gasteiger partial charge in [-0.2, -0.15) is 5.10 Å². The highest BCUT2D eigenvalue weighted by Crippen LogP contribution is 2.13. The summed E-state index contributed by atoms with van der Waals surface area (Å²) >= 11 is 0. The lowest BCUT2D eigenvalue weighted by molar-refractivity contribution is -0.123. The van der Waals surface area contributed by atoms with E-state index < -0.39 is 0 Å². The Labute approximate surface area is 119 Å². The number of hydrogen-bond acceptors (Lipinski definition) is 4. The summed E-state index contributed by atoms with van der Waals surface area (Å²) in [6, 6.07) is 2.09. The quantitative estimate of drug-likeness (QED) is 0.861. The lowest BCUT2D eigenvalue weighted by Gasteiger charge is -2.27. The molecule has 6 heteroatoms. The fraction of sp³-hybridized carbons (Fsp3) is 0.714. The zero-order chi connectivity index (χ0) is 13.9. The third-order valence-corrected chi connectivity index (χ3v) is 3.92. The number of carbonyl (C=O) groups excluding carboxylic acids is 1. The summed E-state index contributed by atoms with van der Waals surface area (Å²) in [4.78, 5) is 14.1. The standard InChI is InChI=1S/C14H22N4O2/c1-11-7-12-9-17(4-5-18(12)16-11)10-14(19)15-8-13-3-2-6-20-13/h7,13H,2-6,8-10H2,1H3,(H,15,19)/t13-/m0/s1. The van der Waals surface area contributed by atoms with Gasteiger partial charge in [0, 0.05) is 26.2 Å². The first kappa shape index (κ1) is 13.6. The minimum Gasteiger partial charge on any atom is -0.376 e. The van der Waals surface area contributed by atoms with E-state index in [0.717, 1.165) is 44.8 Å². The first-order valence-electron chi connectivity index (χ1n) is 7.35. The average molecular weight is 278 g/mol. The van der Waals surface area contributed by atoms with Gasteiger partial charge >= 0.3 is 0 Å². The molecular formula is C14H22N4O2. The van der Waals surface area contributed by atoms with E-state index in [1.165, 1.54) is 5.69 Å². The van der Waals surface area contributed by atoms with Crippen molar-refractivity contribution in [1.82, 2.24) is 20.0 Å². The Morgan fingerprint density at radius 3 is 3.25 bits per heavy atom. The molecule has 1 atom stereocenters. The number of aromatic nitrogens is 2. The number of rotatable bonds is 4. The molecule has 2 aliphatic rings. The SMILES string of the molecule is Cc1cc2n(n1)CCN(CC(=O)NC[C@@H]1CCCO1)C2. The van der Waals surface area contributed by atoms with Gasteiger partial charge in [-0.3, -0.25) is 14.4 Å². The van der Waals surface area contributed by atoms with Gasteiger partial charge < -0.3 is 10.1 Å². The number of fused-ring (bicyclic) bond motifs is 1. The van der Waals surface area contributed by atoms with Crippen LogP contribution in [0.3, 0.4) is 0 Å². The molecule has 1 fully saturated rings. The molecule has 1 aromatic rings. The summed E-state index contributed by atoms with van der Waals surface area (Å²) in [6.45, 7) is 6.47. The van der Waals surface area contributed by atoms with Crippen molar-refractivity contribution in [3.8, 4) is 0 Å². The fourth-order valence-corrected chi connectivity index (χ4v) is 2.89. The highest BCUT2D eigenvalue weighted by atomic mass is 16.5. The van der Waals surface area contributed by atoms with E-state index in [4.69, 9.17) is 4.74 Å². The summed E-state index contributed by atoms with van der Waals surface area (Å²) in [5.41, 5.74) is 2.24. The molecule has 20 heavy (non-hydrogen) atoms. The summed E-state index contributed by atoms with van der Waals surface area (Å²) in [6.07, 6.45) is 2.38. The molecule has 0 aliphatic carbocycles. The van der Waals surface area contributed by atoms with Crippen molar-refractivity contribution < 1.29 is 9.53 Å². The van der Waals surface area contributed by atoms with Crippen molar-refractivity contribution in [1.29, 1.82) is 0 Å². The molecule has 3 rings (SSSR count). The molecule has 1 N–H and O–H groups in total. The predicted octanol–water partition coefficient (Wildman–Crippen LogP) is 0.302. The van der Waals surface area contributed by atoms with E-state index in [0.29, 0.717) is 13.1 Å². The van der Waals surface area contributed by atoms with Crippen LogP contribution < -0.4 is 5.32 Å². The third kappa shape index (κ3) is 3.19. The average Bonchev–Trinajstić information content (AvgIpc) is 3.04. The topological polar surface area (TPSA) is 59.4 Å². The van der Waals surface area contributed by atoms with Gasteiger partial charge in [0.05, 0.1) is 30.6 Å². The molecule has 0 aromatic carbocycles. The Bertz CT molecular complexity index is 480. The molecule has 6 nitrogen and oxygen atoms in total. The first-order valence-corrected chi connectivity index (χ1v) is 7.35. The number of amides is 1. The van der Waals surface area contributed by atoms with Crippen LogP contribution >= 0.6 is 0 Å². The number of carbonyl (C=O) groups is 1. The molecule has 2 aliphatic heterocycles. The van der Waals surface area contributed by atoms with Crippen molar-refractivity contribution in [2.45, 2.75) is 39.0 Å². The molecule has 0 unspecified atom stereocenters. The number of nitrogens with one attached hydrogen (secondary N) is 1. The summed E-state index contributed by atoms with van der Waals surface area (Å²) in [7, 11) is 0. The van der Waals surface area contributed by atoms with Crippen LogP contribution in [0.15, 0.2) is 6.07 Å². The fourth-order valence-electron chi connectivity index (χ4n) is 2.89. The Hall–Kier alpha value is -1.40. The smallest absolute Gasteiger partial charge is 0.234 e. The highest BCUT2D eigenvalue weighted by Gasteiger charge is 2.21. The van der Waals surface area contributed by atoms with Crippen LogP contribution in [0.5, 0.6) is 0 Å². The van der Waals surface area contributed by atoms with Gasteiger partial charge in [0.1, 0.15) is 0 Å². The zero-order valence-electron chi connectivity index (χ0n) is 12.0. The molecule has 1 aromatic heterocycles. The van der Waals surface area contributed by atoms with E-state index in [9.17, 15) is 4.79 Å². The maximum atomic E-state index is 12.0. The van der Waals surface area contributed by atoms with Gasteiger partial charge in [-0.25, -0.2) is 0 Å². The van der Waals surface area contributed by atoms with Crippen molar-refractivity contribution in [3.63, 3.8) is 0 Å². The van der Waals surface area contributed by atoms with Crippen LogP contribution in [0.25, 0.3) is 0 Å². The van der Waals surface area contributed by atoms with E-state index in [-0.39, 0.29) is 12.0 Å². The van der Waals surface area contributed by atoms with Gasteiger partial charge in [-0.1, -0.05) is 0 Å². The normalized spacial score (nSPS) is 22.8. The molecule has 0 saturated carbocycles. The first-order chi connectivity index (χ1) is 9.70. The Balaban J connectivity index is 1.45. The molecule has 0 bridgehead atoms. The lowest BCUT2D eigenvalue weighted by atomic mass is 10.2. The van der Waals surface area contributed by atoms with Crippen LogP contribution in [0.4, 0.5) is 0 Å². The Kier molecular flexibility index (Phi) is 4.03. The molecule has 1 saturated heterocycles. The molecule has 0 radical (unpaired) electrons. The zero-order valence-corrected chi connectivity index (χ0v) is 12.0. The molecular weight excluding hydrogens is 256 g/mol. The number of hydrogen-bond donors (Lipinski definition) is 1. The Morgan fingerprint density at radius 1 is 1.55 bits per heavy atom. The van der Waals surface area contributed by atoms with Crippen molar-refractivity contribution in [3.05, 3.63) is 17.5 Å². The van der Waals surface area contributed by atoms with Gasteiger partial charge in [0.25, 0.3) is 0 Å². The molecule has 0 spiro atoms. The predicted molar refractivity (Wildman–Crippen MR) is 74.2 cm³/mol. The summed E-state index contributed by atoms with van der Waals surface area (Å²) in [5, 5.41) is 7.40. The minimum atomic E-state index is 0.0881. The van der Waals surface area contributed by atoms with Crippen LogP contribution in [-0.4, -0.2) is 52.9 Å². The second-order valence-electron chi connectivity index (χ2n) is 5.65. The summed E-state index contributed by atoms with van der Waals surface area (Å²) in [5.74, 6) is 0.0881. The third-order valence-electron chi connectivity index (χ3n) is 3.92. The van der Waals surface area contributed by atoms with Crippen molar-refractivity contribution >= 4 is 5.91 Å². The molecule has 1 amide bonds. The van der Waals surface area contributed by atoms with Gasteiger partial charge in [-0.15, -0.1) is 0 Å². The van der Waals surface area contributed by atoms with Crippen LogP contribution in [0.1, 0.15) is 24.2 Å². The number of nitrogens with zero attached hydrogens (tertiary/aromatic N) is 3. The van der Waals surface area contributed by atoms with E-state index in [2.05, 4.69) is 21.4 Å². The van der Waals surface area contributed by atoms with E-state index >= 15 is 0 Å². The summed E-state index contributed by atoms with van der Waals surface area (Å²) < 4.78 is 7.54. The maximum Gasteiger partial charge on any atom is 0.234 e. The highest BCUT2D eigenvalue weighted by molar-refractivity contribution is 5.78. The molecule has 3 heterocycles. The van der Waals surface area contributed by atoms with E-state index in [1.807, 2.05) is 11.6 Å². The van der Waals surface area contributed by atoms with Crippen molar-refractivity contribution in [2.75, 3.05) is 26.2 Å². The van der Waals surface area contributed by atoms with Gasteiger partial charge in [-0.05, 0) is 25.8 Å². The van der Waals surface area contributed by atoms with Gasteiger partial charge in [0.15, 0.2) is 0 Å². The lowest BCUT2D eigenvalue weighted by Crippen LogP contribution is -2.43. The van der Waals surface area contributed by atoms with E-state index in [1.54, 1.807) is 0 Å². The number of ether oxygens (including phenoxy) is 1. The maximum absolute atomic E-state index is 12.0. The molecule has 110 valence electrons. The van der Waals surface area contributed by atoms with Crippen LogP contribution in [0.2, 0.25) is 0 Å². The van der Waals surface area contributed by atoms with Crippen LogP contribution in [0, 0.1) is 6.92 Å². The second-order valence-corrected chi connectivity index (χ2v) is 5.65. The van der Waals surface area contributed by atoms with Crippen LogP contribution in [-0.2, 0) is 22.6 Å². The minimum absolute atomic E-state index is 0.0881. The Morgan fingerprint density at radius 2 is 2.45 bits per heavy atom.